The predicted molar refractivity (Wildman–Crippen MR) is 120 cm³/mol. The maximum Gasteiger partial charge on any atom is 0.413 e. The molecule has 0 bridgehead atoms. The van der Waals surface area contributed by atoms with Crippen molar-refractivity contribution in [3.63, 3.8) is 0 Å². The predicted octanol–water partition coefficient (Wildman–Crippen LogP) is 4.32. The minimum atomic E-state index is -2.06. The van der Waals surface area contributed by atoms with E-state index in [0.29, 0.717) is 11.0 Å². The van der Waals surface area contributed by atoms with Gasteiger partial charge in [-0.1, -0.05) is 41.9 Å². The Bertz CT molecular complexity index is 1460. The number of halogens is 2. The van der Waals surface area contributed by atoms with Gasteiger partial charge in [0, 0.05) is 23.7 Å². The highest BCUT2D eigenvalue weighted by molar-refractivity contribution is 6.31. The minimum Gasteiger partial charge on any atom is -0.465 e. The lowest BCUT2D eigenvalue weighted by molar-refractivity contribution is 0.0699. The summed E-state index contributed by atoms with van der Waals surface area (Å²) >= 11 is 5.97. The van der Waals surface area contributed by atoms with Crippen LogP contribution in [0.1, 0.15) is 21.5 Å². The normalized spacial score (nSPS) is 17.5. The molecule has 3 aromatic carbocycles. The number of rotatable bonds is 3. The molecule has 1 atom stereocenters. The quantitative estimate of drug-likeness (QED) is 0.416. The number of amides is 2. The molecule has 4 aromatic rings. The van der Waals surface area contributed by atoms with Crippen LogP contribution in [0.15, 0.2) is 60.7 Å². The minimum absolute atomic E-state index is 0.0854. The van der Waals surface area contributed by atoms with Gasteiger partial charge < -0.3 is 15.2 Å². The summed E-state index contributed by atoms with van der Waals surface area (Å²) in [7, 11) is 1.34. The van der Waals surface area contributed by atoms with Crippen LogP contribution in [-0.2, 0) is 5.72 Å². The molecule has 0 saturated carbocycles. The van der Waals surface area contributed by atoms with E-state index < -0.39 is 23.5 Å². The average Bonchev–Trinajstić information content (AvgIpc) is 3.33. The van der Waals surface area contributed by atoms with Gasteiger partial charge in [0.15, 0.2) is 11.5 Å². The second kappa shape index (κ2) is 7.29. The van der Waals surface area contributed by atoms with Crippen molar-refractivity contribution in [1.82, 2.24) is 9.97 Å². The van der Waals surface area contributed by atoms with Gasteiger partial charge in [-0.05, 0) is 30.3 Å². The Balaban J connectivity index is 1.74. The molecule has 2 amide bonds. The lowest BCUT2D eigenvalue weighted by Crippen LogP contribution is -2.45. The fourth-order valence-electron chi connectivity index (χ4n) is 4.06. The van der Waals surface area contributed by atoms with Gasteiger partial charge in [-0.2, -0.15) is 0 Å². The van der Waals surface area contributed by atoms with Crippen LogP contribution in [0.25, 0.3) is 11.0 Å². The highest BCUT2D eigenvalue weighted by atomic mass is 35.5. The van der Waals surface area contributed by atoms with Crippen LogP contribution in [0.2, 0.25) is 5.02 Å². The smallest absolute Gasteiger partial charge is 0.413 e. The molecule has 1 aliphatic rings. The van der Waals surface area contributed by atoms with Crippen molar-refractivity contribution in [3.8, 4) is 0 Å². The van der Waals surface area contributed by atoms with Gasteiger partial charge in [-0.15, -0.1) is 0 Å². The molecule has 166 valence electrons. The molecule has 10 heteroatoms. The molecular weight excluding hydrogens is 451 g/mol. The second-order valence-electron chi connectivity index (χ2n) is 7.57. The molecule has 5 rings (SSSR count). The SMILES string of the molecule is CN(C(=O)O)c1nc2ccc(C3(O)c4ccccc4C(=O)N3c3cccc(Cl)c3F)cc2[nH]1. The highest BCUT2D eigenvalue weighted by Crippen LogP contribution is 2.46. The van der Waals surface area contributed by atoms with Crippen molar-refractivity contribution < 1.29 is 24.2 Å². The Hall–Kier alpha value is -3.95. The van der Waals surface area contributed by atoms with Crippen LogP contribution in [-0.4, -0.2) is 39.2 Å². The number of carbonyl (C=O) groups excluding carboxylic acids is 1. The fourth-order valence-corrected chi connectivity index (χ4v) is 4.23. The Morgan fingerprint density at radius 3 is 2.70 bits per heavy atom. The van der Waals surface area contributed by atoms with Crippen LogP contribution < -0.4 is 9.80 Å². The number of anilines is 2. The first-order valence-corrected chi connectivity index (χ1v) is 10.2. The largest absolute Gasteiger partial charge is 0.465 e. The van der Waals surface area contributed by atoms with Crippen LogP contribution in [0.5, 0.6) is 0 Å². The molecule has 1 aromatic heterocycles. The standard InChI is InChI=1S/C23H16ClFN4O4/c1-28(22(31)32)21-26-16-10-9-12(11-17(16)27-21)23(33)14-6-3-2-5-13(14)20(30)29(23)18-8-4-7-15(24)19(18)25/h2-11,33H,1H3,(H,26,27)(H,31,32). The average molecular weight is 467 g/mol. The summed E-state index contributed by atoms with van der Waals surface area (Å²) in [5, 5.41) is 21.1. The molecule has 8 nitrogen and oxygen atoms in total. The number of benzene rings is 3. The van der Waals surface area contributed by atoms with Crippen LogP contribution >= 0.6 is 11.6 Å². The van der Waals surface area contributed by atoms with Gasteiger partial charge in [0.05, 0.1) is 21.7 Å². The third-order valence-electron chi connectivity index (χ3n) is 5.71. The van der Waals surface area contributed by atoms with Gasteiger partial charge in [0.1, 0.15) is 0 Å². The van der Waals surface area contributed by atoms with Gasteiger partial charge in [0.2, 0.25) is 5.95 Å². The lowest BCUT2D eigenvalue weighted by atomic mass is 9.93. The van der Waals surface area contributed by atoms with Crippen molar-refractivity contribution in [2.75, 3.05) is 16.8 Å². The monoisotopic (exact) mass is 466 g/mol. The lowest BCUT2D eigenvalue weighted by Gasteiger charge is -2.35. The Labute approximate surface area is 191 Å². The first kappa shape index (κ1) is 20.9. The van der Waals surface area contributed by atoms with Crippen molar-refractivity contribution in [2.24, 2.45) is 0 Å². The van der Waals surface area contributed by atoms with E-state index in [1.54, 1.807) is 42.5 Å². The summed E-state index contributed by atoms with van der Waals surface area (Å²) in [5.74, 6) is -1.35. The molecular formula is C23H16ClFN4O4. The van der Waals surface area contributed by atoms with Crippen molar-refractivity contribution in [2.45, 2.75) is 5.72 Å². The van der Waals surface area contributed by atoms with Gasteiger partial charge in [0.25, 0.3) is 5.91 Å². The molecule has 0 saturated heterocycles. The summed E-state index contributed by atoms with van der Waals surface area (Å²) in [6.45, 7) is 0. The molecule has 0 radical (unpaired) electrons. The van der Waals surface area contributed by atoms with Crippen molar-refractivity contribution in [3.05, 3.63) is 88.2 Å². The number of hydrogen-bond donors (Lipinski definition) is 3. The molecule has 1 unspecified atom stereocenters. The number of aromatic amines is 1. The molecule has 1 aliphatic heterocycles. The van der Waals surface area contributed by atoms with E-state index in [0.717, 1.165) is 9.80 Å². The Kier molecular flexibility index (Phi) is 4.62. The zero-order valence-corrected chi connectivity index (χ0v) is 17.8. The Morgan fingerprint density at radius 1 is 1.18 bits per heavy atom. The second-order valence-corrected chi connectivity index (χ2v) is 7.97. The van der Waals surface area contributed by atoms with E-state index >= 15 is 4.39 Å². The molecule has 33 heavy (non-hydrogen) atoms. The fraction of sp³-hybridized carbons (Fsp3) is 0.0870. The van der Waals surface area contributed by atoms with E-state index in [4.69, 9.17) is 11.6 Å². The maximum absolute atomic E-state index is 15.0. The van der Waals surface area contributed by atoms with E-state index in [1.807, 2.05) is 0 Å². The maximum atomic E-state index is 15.0. The van der Waals surface area contributed by atoms with Crippen molar-refractivity contribution in [1.29, 1.82) is 0 Å². The van der Waals surface area contributed by atoms with Gasteiger partial charge >= 0.3 is 6.09 Å². The van der Waals surface area contributed by atoms with Gasteiger partial charge in [-0.3, -0.25) is 14.6 Å². The number of H-pyrrole nitrogens is 1. The third kappa shape index (κ3) is 2.97. The number of carboxylic acid groups (broad SMARTS) is 1. The molecule has 0 spiro atoms. The number of nitrogens with zero attached hydrogens (tertiary/aromatic N) is 3. The number of nitrogens with one attached hydrogen (secondary N) is 1. The summed E-state index contributed by atoms with van der Waals surface area (Å²) < 4.78 is 15.0. The summed E-state index contributed by atoms with van der Waals surface area (Å²) in [6, 6.07) is 15.4. The van der Waals surface area contributed by atoms with Crippen molar-refractivity contribution >= 4 is 46.3 Å². The van der Waals surface area contributed by atoms with Gasteiger partial charge in [-0.25, -0.2) is 14.2 Å². The number of aliphatic hydroxyl groups is 1. The number of fused-ring (bicyclic) bond motifs is 2. The molecule has 0 aliphatic carbocycles. The summed E-state index contributed by atoms with van der Waals surface area (Å²) in [5.41, 5.74) is -0.623. The highest BCUT2D eigenvalue weighted by Gasteiger charge is 2.51. The number of aromatic nitrogens is 2. The number of imidazole rings is 1. The van der Waals surface area contributed by atoms with E-state index in [9.17, 15) is 19.8 Å². The van der Waals surface area contributed by atoms with Crippen LogP contribution in [0.4, 0.5) is 20.8 Å². The van der Waals surface area contributed by atoms with Crippen LogP contribution in [0.3, 0.4) is 0 Å². The van der Waals surface area contributed by atoms with E-state index in [-0.39, 0.29) is 33.3 Å². The molecule has 2 heterocycles. The zero-order chi connectivity index (χ0) is 23.5. The first-order chi connectivity index (χ1) is 15.7. The van der Waals surface area contributed by atoms with E-state index in [1.165, 1.54) is 25.2 Å². The summed E-state index contributed by atoms with van der Waals surface area (Å²) in [6.07, 6.45) is -1.20. The molecule has 0 fully saturated rings. The zero-order valence-electron chi connectivity index (χ0n) is 17.1. The number of hydrogen-bond acceptors (Lipinski definition) is 4. The number of carbonyl (C=O) groups is 2. The van der Waals surface area contributed by atoms with Crippen LogP contribution in [0, 0.1) is 5.82 Å². The first-order valence-electron chi connectivity index (χ1n) is 9.81. The third-order valence-corrected chi connectivity index (χ3v) is 6.00. The summed E-state index contributed by atoms with van der Waals surface area (Å²) in [4.78, 5) is 33.6. The molecule has 3 N–H and O–H groups in total. The Morgan fingerprint density at radius 2 is 1.94 bits per heavy atom. The topological polar surface area (TPSA) is 110 Å². The van der Waals surface area contributed by atoms with E-state index in [2.05, 4.69) is 9.97 Å².